The summed E-state index contributed by atoms with van der Waals surface area (Å²) in [7, 11) is 0. The van der Waals surface area contributed by atoms with Gasteiger partial charge in [0, 0.05) is 12.6 Å². The van der Waals surface area contributed by atoms with Crippen LogP contribution in [0.25, 0.3) is 0 Å². The van der Waals surface area contributed by atoms with Crippen molar-refractivity contribution < 1.29 is 19.1 Å². The maximum absolute atomic E-state index is 12.6. The van der Waals surface area contributed by atoms with Crippen molar-refractivity contribution >= 4 is 23.5 Å². The maximum atomic E-state index is 12.6. The van der Waals surface area contributed by atoms with Gasteiger partial charge in [-0.05, 0) is 44.2 Å². The molecule has 1 atom stereocenters. The molecular formula is C20H28N2O4. The highest BCUT2D eigenvalue weighted by Gasteiger charge is 2.30. The van der Waals surface area contributed by atoms with Gasteiger partial charge in [0.2, 0.25) is 0 Å². The number of ether oxygens (including phenoxy) is 1. The van der Waals surface area contributed by atoms with E-state index in [1.807, 2.05) is 13.8 Å². The second-order valence-corrected chi connectivity index (χ2v) is 6.55. The van der Waals surface area contributed by atoms with Gasteiger partial charge in [-0.15, -0.1) is 0 Å². The lowest BCUT2D eigenvalue weighted by Gasteiger charge is -2.34. The van der Waals surface area contributed by atoms with E-state index in [1.165, 1.54) is 0 Å². The Balaban J connectivity index is 2.06. The number of hydrogen-bond acceptors (Lipinski definition) is 4. The summed E-state index contributed by atoms with van der Waals surface area (Å²) in [5, 5.41) is 2.59. The van der Waals surface area contributed by atoms with Crippen molar-refractivity contribution in [3.8, 4) is 0 Å². The first-order valence-electron chi connectivity index (χ1n) is 9.46. The Labute approximate surface area is 154 Å². The number of nitrogens with zero attached hydrogens (tertiary/aromatic N) is 1. The average Bonchev–Trinajstić information content (AvgIpc) is 2.67. The fourth-order valence-electron chi connectivity index (χ4n) is 3.16. The van der Waals surface area contributed by atoms with Crippen molar-refractivity contribution in [2.75, 3.05) is 18.5 Å². The number of unbranched alkanes of at least 4 members (excludes halogenated alkanes) is 1. The Bertz CT molecular complexity index is 644. The summed E-state index contributed by atoms with van der Waals surface area (Å²) in [4.78, 5) is 38.9. The van der Waals surface area contributed by atoms with Gasteiger partial charge in [-0.1, -0.05) is 32.4 Å². The van der Waals surface area contributed by atoms with Crippen molar-refractivity contribution in [2.45, 2.75) is 58.4 Å². The minimum absolute atomic E-state index is 0.108. The number of esters is 1. The third-order valence-electron chi connectivity index (χ3n) is 4.68. The predicted octanol–water partition coefficient (Wildman–Crippen LogP) is 3.37. The molecule has 1 aromatic carbocycles. The Hall–Kier alpha value is -2.37. The van der Waals surface area contributed by atoms with Crippen LogP contribution in [0.1, 0.15) is 62.7 Å². The van der Waals surface area contributed by atoms with Crippen LogP contribution in [0.2, 0.25) is 0 Å². The second kappa shape index (κ2) is 9.94. The first-order valence-corrected chi connectivity index (χ1v) is 9.46. The molecule has 1 unspecified atom stereocenters. The molecule has 2 amide bonds. The molecular weight excluding hydrogens is 332 g/mol. The zero-order valence-electron chi connectivity index (χ0n) is 15.6. The molecule has 0 aromatic heterocycles. The van der Waals surface area contributed by atoms with Crippen molar-refractivity contribution in [3.05, 3.63) is 29.8 Å². The molecule has 1 aliphatic heterocycles. The summed E-state index contributed by atoms with van der Waals surface area (Å²) in [5.74, 6) is -1.74. The second-order valence-electron chi connectivity index (χ2n) is 6.55. The van der Waals surface area contributed by atoms with Crippen LogP contribution in [0.3, 0.4) is 0 Å². The summed E-state index contributed by atoms with van der Waals surface area (Å²) in [6.07, 6.45) is 5.46. The number of nitrogens with one attached hydrogen (secondary N) is 1. The molecule has 0 radical (unpaired) electrons. The Morgan fingerprint density at radius 1 is 1.19 bits per heavy atom. The Morgan fingerprint density at radius 2 is 1.96 bits per heavy atom. The Kier molecular flexibility index (Phi) is 7.63. The summed E-state index contributed by atoms with van der Waals surface area (Å²) >= 11 is 0. The number of hydrogen-bond donors (Lipinski definition) is 1. The number of carbonyl (C=O) groups is 3. The number of benzene rings is 1. The van der Waals surface area contributed by atoms with Gasteiger partial charge in [0.1, 0.15) is 0 Å². The minimum atomic E-state index is -0.709. The first-order chi connectivity index (χ1) is 12.6. The normalized spacial score (nSPS) is 16.8. The molecule has 1 fully saturated rings. The lowest BCUT2D eigenvalue weighted by molar-refractivity contribution is -0.145. The molecule has 0 bridgehead atoms. The van der Waals surface area contributed by atoms with Crippen molar-refractivity contribution in [1.82, 2.24) is 4.90 Å². The fraction of sp³-hybridized carbons (Fsp3) is 0.550. The molecule has 1 N–H and O–H groups in total. The monoisotopic (exact) mass is 360 g/mol. The van der Waals surface area contributed by atoms with E-state index in [9.17, 15) is 14.4 Å². The molecule has 0 spiro atoms. The summed E-state index contributed by atoms with van der Waals surface area (Å²) < 4.78 is 5.22. The Morgan fingerprint density at radius 3 is 2.69 bits per heavy atom. The van der Waals surface area contributed by atoms with E-state index in [4.69, 9.17) is 4.74 Å². The van der Waals surface area contributed by atoms with E-state index in [0.717, 1.165) is 38.5 Å². The van der Waals surface area contributed by atoms with Crippen LogP contribution in [-0.4, -0.2) is 41.9 Å². The van der Waals surface area contributed by atoms with E-state index in [1.54, 1.807) is 29.2 Å². The van der Waals surface area contributed by atoms with Crippen LogP contribution in [0, 0.1) is 0 Å². The summed E-state index contributed by atoms with van der Waals surface area (Å²) in [6, 6.07) is 6.71. The van der Waals surface area contributed by atoms with Crippen LogP contribution < -0.4 is 5.32 Å². The van der Waals surface area contributed by atoms with Gasteiger partial charge in [-0.2, -0.15) is 0 Å². The zero-order valence-corrected chi connectivity index (χ0v) is 15.6. The lowest BCUT2D eigenvalue weighted by Crippen LogP contribution is -2.48. The van der Waals surface area contributed by atoms with Crippen molar-refractivity contribution in [2.24, 2.45) is 0 Å². The number of amides is 2. The van der Waals surface area contributed by atoms with Crippen LogP contribution in [0.15, 0.2) is 24.3 Å². The summed E-state index contributed by atoms with van der Waals surface area (Å²) in [6.45, 7) is 4.97. The van der Waals surface area contributed by atoms with Gasteiger partial charge in [-0.25, -0.2) is 4.79 Å². The quantitative estimate of drug-likeness (QED) is 0.479. The van der Waals surface area contributed by atoms with Crippen molar-refractivity contribution in [3.63, 3.8) is 0 Å². The molecule has 1 aliphatic rings. The molecule has 2 rings (SSSR count). The zero-order chi connectivity index (χ0) is 18.9. The third kappa shape index (κ3) is 5.07. The lowest BCUT2D eigenvalue weighted by atomic mass is 10.00. The average molecular weight is 360 g/mol. The molecule has 26 heavy (non-hydrogen) atoms. The fourth-order valence-corrected chi connectivity index (χ4v) is 3.16. The highest BCUT2D eigenvalue weighted by Crippen LogP contribution is 2.21. The first kappa shape index (κ1) is 19.9. The summed E-state index contributed by atoms with van der Waals surface area (Å²) in [5.41, 5.74) is 0.563. The number of carbonyl (C=O) groups excluding carboxylic acids is 3. The van der Waals surface area contributed by atoms with Gasteiger partial charge in [-0.3, -0.25) is 9.59 Å². The van der Waals surface area contributed by atoms with E-state index in [2.05, 4.69) is 5.32 Å². The highest BCUT2D eigenvalue weighted by atomic mass is 16.5. The molecule has 6 nitrogen and oxygen atoms in total. The van der Waals surface area contributed by atoms with E-state index in [0.29, 0.717) is 18.8 Å². The number of rotatable bonds is 6. The number of para-hydroxylation sites is 1. The van der Waals surface area contributed by atoms with E-state index < -0.39 is 17.8 Å². The predicted molar refractivity (Wildman–Crippen MR) is 99.9 cm³/mol. The van der Waals surface area contributed by atoms with Crippen LogP contribution in [0.5, 0.6) is 0 Å². The van der Waals surface area contributed by atoms with Crippen molar-refractivity contribution in [1.29, 1.82) is 0 Å². The molecule has 1 aromatic rings. The number of piperidine rings is 1. The third-order valence-corrected chi connectivity index (χ3v) is 4.68. The van der Waals surface area contributed by atoms with Gasteiger partial charge >= 0.3 is 17.8 Å². The molecule has 0 saturated carbocycles. The van der Waals surface area contributed by atoms with Crippen LogP contribution in [-0.2, 0) is 14.3 Å². The van der Waals surface area contributed by atoms with Gasteiger partial charge in [0.25, 0.3) is 0 Å². The van der Waals surface area contributed by atoms with Gasteiger partial charge in [0.15, 0.2) is 0 Å². The molecule has 1 saturated heterocycles. The molecule has 142 valence electrons. The topological polar surface area (TPSA) is 75.7 Å². The minimum Gasteiger partial charge on any atom is -0.462 e. The van der Waals surface area contributed by atoms with E-state index >= 15 is 0 Å². The maximum Gasteiger partial charge on any atom is 0.340 e. The smallest absolute Gasteiger partial charge is 0.340 e. The molecule has 1 heterocycles. The van der Waals surface area contributed by atoms with Gasteiger partial charge < -0.3 is 15.0 Å². The largest absolute Gasteiger partial charge is 0.462 e. The molecule has 6 heteroatoms. The van der Waals surface area contributed by atoms with Crippen LogP contribution in [0.4, 0.5) is 5.69 Å². The number of likely N-dealkylation sites (tertiary alicyclic amines) is 1. The van der Waals surface area contributed by atoms with Gasteiger partial charge in [0.05, 0.1) is 17.9 Å². The highest BCUT2D eigenvalue weighted by molar-refractivity contribution is 6.40. The standard InChI is InChI=1S/C20H28N2O4/c1-3-5-14-26-20(25)16-11-6-7-12-17(16)21-18(23)19(24)22-13-9-8-10-15(22)4-2/h6-7,11-12,15H,3-5,8-10,13-14H2,1-2H3,(H,21,23). The van der Waals surface area contributed by atoms with Crippen LogP contribution >= 0.6 is 0 Å². The molecule has 0 aliphatic carbocycles. The SMILES string of the molecule is CCCCOC(=O)c1ccccc1NC(=O)C(=O)N1CCCCC1CC. The van der Waals surface area contributed by atoms with E-state index in [-0.39, 0.29) is 11.6 Å². The number of anilines is 1.